The average molecular weight is 252 g/mol. The highest BCUT2D eigenvalue weighted by Crippen LogP contribution is 2.23. The maximum Gasteiger partial charge on any atom is 0.205 e. The van der Waals surface area contributed by atoms with Crippen LogP contribution in [-0.4, -0.2) is 10.8 Å². The number of rotatable bonds is 2. The summed E-state index contributed by atoms with van der Waals surface area (Å²) in [7, 11) is 0. The number of aromatic nitrogens is 1. The molecular weight excluding hydrogens is 244 g/mol. The summed E-state index contributed by atoms with van der Waals surface area (Å²) in [5.41, 5.74) is 2.05. The van der Waals surface area contributed by atoms with Crippen molar-refractivity contribution in [1.29, 1.82) is 5.26 Å². The number of ketones is 1. The zero-order valence-corrected chi connectivity index (χ0v) is 10.1. The van der Waals surface area contributed by atoms with Crippen LogP contribution in [0, 0.1) is 11.3 Å². The lowest BCUT2D eigenvalue weighted by atomic mass is 10.1. The van der Waals surface area contributed by atoms with E-state index in [1.807, 2.05) is 23.6 Å². The van der Waals surface area contributed by atoms with E-state index in [4.69, 9.17) is 5.26 Å². The molecule has 0 aliphatic carbocycles. The number of fused-ring (bicyclic) bond motifs is 1. The van der Waals surface area contributed by atoms with Gasteiger partial charge in [-0.25, -0.2) is 0 Å². The van der Waals surface area contributed by atoms with Crippen LogP contribution in [0.3, 0.4) is 0 Å². The molecule has 0 amide bonds. The van der Waals surface area contributed by atoms with Gasteiger partial charge in [0, 0.05) is 22.7 Å². The summed E-state index contributed by atoms with van der Waals surface area (Å²) in [4.78, 5) is 16.0. The second-order valence-corrected chi connectivity index (χ2v) is 4.83. The highest BCUT2D eigenvalue weighted by molar-refractivity contribution is 7.12. The molecule has 86 valence electrons. The molecule has 2 aromatic heterocycles. The minimum absolute atomic E-state index is 0.0148. The summed E-state index contributed by atoms with van der Waals surface area (Å²) in [5, 5.41) is 11.6. The van der Waals surface area contributed by atoms with Crippen molar-refractivity contribution < 1.29 is 4.79 Å². The van der Waals surface area contributed by atoms with Crippen LogP contribution in [0.2, 0.25) is 0 Å². The number of hydrogen-bond acceptors (Lipinski definition) is 3. The van der Waals surface area contributed by atoms with Crippen molar-refractivity contribution in [2.75, 3.05) is 0 Å². The Balaban J connectivity index is 2.14. The highest BCUT2D eigenvalue weighted by Gasteiger charge is 2.14. The highest BCUT2D eigenvalue weighted by atomic mass is 32.1. The van der Waals surface area contributed by atoms with Gasteiger partial charge in [-0.2, -0.15) is 5.26 Å². The number of nitriles is 1. The Bertz CT molecular complexity index is 763. The Hall–Kier alpha value is -2.38. The molecule has 2 heterocycles. The van der Waals surface area contributed by atoms with Gasteiger partial charge in [-0.15, -0.1) is 11.3 Å². The van der Waals surface area contributed by atoms with Gasteiger partial charge in [-0.05, 0) is 23.6 Å². The lowest BCUT2D eigenvalue weighted by molar-refractivity contribution is 0.104. The molecule has 4 heteroatoms. The van der Waals surface area contributed by atoms with Gasteiger partial charge in [0.25, 0.3) is 0 Å². The summed E-state index contributed by atoms with van der Waals surface area (Å²) < 4.78 is 0. The Morgan fingerprint density at radius 2 is 2.22 bits per heavy atom. The number of carbonyl (C=O) groups is 1. The number of aromatic amines is 1. The van der Waals surface area contributed by atoms with Crippen molar-refractivity contribution in [2.24, 2.45) is 0 Å². The fourth-order valence-corrected chi connectivity index (χ4v) is 2.60. The molecule has 0 fully saturated rings. The Morgan fingerprint density at radius 3 is 2.94 bits per heavy atom. The fraction of sp³-hybridized carbons (Fsp3) is 0. The van der Waals surface area contributed by atoms with Gasteiger partial charge in [-0.1, -0.05) is 12.1 Å². The van der Waals surface area contributed by atoms with Crippen LogP contribution in [0.5, 0.6) is 0 Å². The number of hydrogen-bond donors (Lipinski definition) is 1. The van der Waals surface area contributed by atoms with Crippen LogP contribution in [0.1, 0.15) is 20.8 Å². The average Bonchev–Trinajstić information content (AvgIpc) is 3.06. The molecule has 0 spiro atoms. The van der Waals surface area contributed by atoms with Crippen molar-refractivity contribution in [1.82, 2.24) is 4.98 Å². The van der Waals surface area contributed by atoms with Crippen LogP contribution in [0.15, 0.2) is 41.9 Å². The van der Waals surface area contributed by atoms with E-state index in [-0.39, 0.29) is 5.78 Å². The molecule has 3 aromatic rings. The molecule has 0 saturated carbocycles. The van der Waals surface area contributed by atoms with E-state index in [2.05, 4.69) is 11.1 Å². The molecule has 0 atom stereocenters. The van der Waals surface area contributed by atoms with E-state index in [0.29, 0.717) is 11.1 Å². The molecule has 0 unspecified atom stereocenters. The van der Waals surface area contributed by atoms with Crippen molar-refractivity contribution in [3.05, 3.63) is 57.9 Å². The van der Waals surface area contributed by atoms with Crippen molar-refractivity contribution in [3.8, 4) is 6.07 Å². The van der Waals surface area contributed by atoms with Crippen molar-refractivity contribution in [3.63, 3.8) is 0 Å². The van der Waals surface area contributed by atoms with Gasteiger partial charge in [0.05, 0.1) is 16.5 Å². The first-order valence-corrected chi connectivity index (χ1v) is 6.27. The smallest absolute Gasteiger partial charge is 0.205 e. The molecule has 3 rings (SSSR count). The minimum atomic E-state index is 0.0148. The molecular formula is C14H8N2OS. The number of nitrogens with zero attached hydrogens (tertiary/aromatic N) is 1. The Morgan fingerprint density at radius 1 is 1.33 bits per heavy atom. The molecule has 3 nitrogen and oxygen atoms in total. The monoisotopic (exact) mass is 252 g/mol. The quantitative estimate of drug-likeness (QED) is 0.711. The molecule has 0 radical (unpaired) electrons. The topological polar surface area (TPSA) is 56.6 Å². The van der Waals surface area contributed by atoms with Crippen molar-refractivity contribution in [2.45, 2.75) is 0 Å². The summed E-state index contributed by atoms with van der Waals surface area (Å²) in [6.45, 7) is 0. The Labute approximate surface area is 107 Å². The summed E-state index contributed by atoms with van der Waals surface area (Å²) >= 11 is 1.43. The first-order chi connectivity index (χ1) is 8.79. The van der Waals surface area contributed by atoms with Gasteiger partial charge >= 0.3 is 0 Å². The van der Waals surface area contributed by atoms with Crippen molar-refractivity contribution >= 4 is 28.0 Å². The van der Waals surface area contributed by atoms with Gasteiger partial charge in [-0.3, -0.25) is 4.79 Å². The molecule has 1 aromatic carbocycles. The van der Waals surface area contributed by atoms with E-state index >= 15 is 0 Å². The summed E-state index contributed by atoms with van der Waals surface area (Å²) in [5.74, 6) is 0.0148. The zero-order valence-electron chi connectivity index (χ0n) is 9.31. The third-order valence-corrected chi connectivity index (χ3v) is 3.67. The van der Waals surface area contributed by atoms with Crippen LogP contribution >= 0.6 is 11.3 Å². The van der Waals surface area contributed by atoms with E-state index in [0.717, 1.165) is 15.8 Å². The van der Waals surface area contributed by atoms with E-state index in [1.165, 1.54) is 11.3 Å². The van der Waals surface area contributed by atoms with Gasteiger partial charge in [0.2, 0.25) is 5.78 Å². The lowest BCUT2D eigenvalue weighted by Gasteiger charge is -1.96. The third kappa shape index (κ3) is 1.62. The number of nitrogens with one attached hydrogen (secondary N) is 1. The lowest BCUT2D eigenvalue weighted by Crippen LogP contribution is -1.96. The molecule has 0 aliphatic rings. The van der Waals surface area contributed by atoms with Gasteiger partial charge in [0.15, 0.2) is 0 Å². The molecule has 0 saturated heterocycles. The first kappa shape index (κ1) is 10.8. The SMILES string of the molecule is N#Cc1ccc2c(C(=O)c3cccs3)c[nH]c2c1. The summed E-state index contributed by atoms with van der Waals surface area (Å²) in [6.07, 6.45) is 1.70. The number of benzene rings is 1. The molecule has 1 N–H and O–H groups in total. The maximum atomic E-state index is 12.3. The second-order valence-electron chi connectivity index (χ2n) is 3.88. The van der Waals surface area contributed by atoms with E-state index in [9.17, 15) is 4.79 Å². The number of carbonyl (C=O) groups excluding carboxylic acids is 1. The molecule has 0 bridgehead atoms. The summed E-state index contributed by atoms with van der Waals surface area (Å²) in [6, 6.07) is 11.0. The van der Waals surface area contributed by atoms with E-state index in [1.54, 1.807) is 18.3 Å². The standard InChI is InChI=1S/C14H8N2OS/c15-7-9-3-4-10-11(8-16-12(10)6-9)14(17)13-2-1-5-18-13/h1-6,8,16H. The van der Waals surface area contributed by atoms with E-state index < -0.39 is 0 Å². The Kier molecular flexibility index (Phi) is 2.47. The largest absolute Gasteiger partial charge is 0.360 e. The predicted octanol–water partition coefficient (Wildman–Crippen LogP) is 3.33. The predicted molar refractivity (Wildman–Crippen MR) is 70.8 cm³/mol. The van der Waals surface area contributed by atoms with Crippen LogP contribution < -0.4 is 0 Å². The van der Waals surface area contributed by atoms with Crippen LogP contribution in [0.4, 0.5) is 0 Å². The second kappa shape index (κ2) is 4.13. The van der Waals surface area contributed by atoms with Gasteiger partial charge < -0.3 is 4.98 Å². The van der Waals surface area contributed by atoms with Crippen LogP contribution in [0.25, 0.3) is 10.9 Å². The number of H-pyrrole nitrogens is 1. The van der Waals surface area contributed by atoms with Gasteiger partial charge in [0.1, 0.15) is 0 Å². The molecule has 0 aliphatic heterocycles. The minimum Gasteiger partial charge on any atom is -0.360 e. The van der Waals surface area contributed by atoms with Crippen LogP contribution in [-0.2, 0) is 0 Å². The molecule has 18 heavy (non-hydrogen) atoms. The zero-order chi connectivity index (χ0) is 12.5. The normalized spacial score (nSPS) is 10.4. The fourth-order valence-electron chi connectivity index (χ4n) is 1.92. The third-order valence-electron chi connectivity index (χ3n) is 2.80. The first-order valence-electron chi connectivity index (χ1n) is 5.39. The maximum absolute atomic E-state index is 12.3. The number of thiophene rings is 1.